The van der Waals surface area contributed by atoms with Crippen LogP contribution in [-0.4, -0.2) is 51.5 Å². The Bertz CT molecular complexity index is 593. The zero-order valence-electron chi connectivity index (χ0n) is 11.2. The Morgan fingerprint density at radius 1 is 1.45 bits per heavy atom. The van der Waals surface area contributed by atoms with E-state index in [9.17, 15) is 13.2 Å². The second kappa shape index (κ2) is 6.13. The van der Waals surface area contributed by atoms with Crippen LogP contribution in [0, 0.1) is 0 Å². The summed E-state index contributed by atoms with van der Waals surface area (Å²) in [5.41, 5.74) is 0. The molecule has 9 heteroatoms. The number of hydrogen-bond acceptors (Lipinski definition) is 6. The predicted molar refractivity (Wildman–Crippen MR) is 74.7 cm³/mol. The molecule has 1 aliphatic rings. The van der Waals surface area contributed by atoms with Crippen LogP contribution in [0.3, 0.4) is 0 Å². The zero-order chi connectivity index (χ0) is 14.8. The molecule has 1 aromatic heterocycles. The second-order valence-electron chi connectivity index (χ2n) is 4.69. The maximum absolute atomic E-state index is 11.6. The Labute approximate surface area is 121 Å². The number of thioether (sulfide) groups is 1. The first kappa shape index (κ1) is 15.3. The van der Waals surface area contributed by atoms with Crippen LogP contribution >= 0.6 is 11.8 Å². The van der Waals surface area contributed by atoms with Crippen LogP contribution in [0.2, 0.25) is 0 Å². The minimum Gasteiger partial charge on any atom is -0.481 e. The van der Waals surface area contributed by atoms with Crippen LogP contribution in [0.15, 0.2) is 5.16 Å². The standard InChI is InChI=1S/C11H17N3O4S2/c1-2-20(17,18)6-5-14-10(8-3-4-8)12-13-11(14)19-7-9(15)16/h8H,2-7H2,1H3,(H,15,16). The summed E-state index contributed by atoms with van der Waals surface area (Å²) >= 11 is 1.07. The van der Waals surface area contributed by atoms with Crippen molar-refractivity contribution in [2.75, 3.05) is 17.3 Å². The Kier molecular flexibility index (Phi) is 4.69. The van der Waals surface area contributed by atoms with Gasteiger partial charge in [-0.1, -0.05) is 18.7 Å². The molecule has 0 saturated heterocycles. The minimum absolute atomic E-state index is 0.0297. The van der Waals surface area contributed by atoms with E-state index >= 15 is 0 Å². The molecule has 1 fully saturated rings. The van der Waals surface area contributed by atoms with Crippen LogP contribution in [0.5, 0.6) is 0 Å². The van der Waals surface area contributed by atoms with Gasteiger partial charge >= 0.3 is 5.97 Å². The fourth-order valence-electron chi connectivity index (χ4n) is 1.76. The van der Waals surface area contributed by atoms with E-state index in [1.54, 1.807) is 11.5 Å². The highest BCUT2D eigenvalue weighted by Crippen LogP contribution is 2.40. The third kappa shape index (κ3) is 3.95. The molecule has 0 spiro atoms. The third-order valence-electron chi connectivity index (χ3n) is 3.08. The maximum atomic E-state index is 11.6. The van der Waals surface area contributed by atoms with E-state index in [1.807, 2.05) is 0 Å². The van der Waals surface area contributed by atoms with Gasteiger partial charge in [-0.3, -0.25) is 4.79 Å². The van der Waals surface area contributed by atoms with Crippen LogP contribution in [0.4, 0.5) is 0 Å². The number of carbonyl (C=O) groups is 1. The molecule has 20 heavy (non-hydrogen) atoms. The summed E-state index contributed by atoms with van der Waals surface area (Å²) < 4.78 is 25.0. The van der Waals surface area contributed by atoms with Crippen LogP contribution in [0.25, 0.3) is 0 Å². The summed E-state index contributed by atoms with van der Waals surface area (Å²) in [6.07, 6.45) is 2.06. The fraction of sp³-hybridized carbons (Fsp3) is 0.727. The number of rotatable bonds is 8. The topological polar surface area (TPSA) is 102 Å². The highest BCUT2D eigenvalue weighted by Gasteiger charge is 2.30. The molecule has 1 aliphatic carbocycles. The number of aliphatic carboxylic acids is 1. The molecule has 0 unspecified atom stereocenters. The minimum atomic E-state index is -3.07. The first-order valence-corrected chi connectivity index (χ1v) is 9.21. The Morgan fingerprint density at radius 2 is 2.15 bits per heavy atom. The lowest BCUT2D eigenvalue weighted by Crippen LogP contribution is -2.17. The van der Waals surface area contributed by atoms with Crippen molar-refractivity contribution in [3.63, 3.8) is 0 Å². The van der Waals surface area contributed by atoms with Gasteiger partial charge in [0.15, 0.2) is 15.0 Å². The van der Waals surface area contributed by atoms with Crippen LogP contribution in [0.1, 0.15) is 31.5 Å². The fourth-order valence-corrected chi connectivity index (χ4v) is 3.20. The van der Waals surface area contributed by atoms with Crippen molar-refractivity contribution in [2.24, 2.45) is 0 Å². The lowest BCUT2D eigenvalue weighted by atomic mass is 10.4. The zero-order valence-corrected chi connectivity index (χ0v) is 12.8. The van der Waals surface area contributed by atoms with Gasteiger partial charge in [-0.05, 0) is 12.8 Å². The normalized spacial score (nSPS) is 15.4. The Balaban J connectivity index is 2.14. The van der Waals surface area contributed by atoms with Crippen molar-refractivity contribution in [2.45, 2.75) is 37.4 Å². The molecule has 1 saturated carbocycles. The molecule has 2 rings (SSSR count). The molecule has 1 N–H and O–H groups in total. The maximum Gasteiger partial charge on any atom is 0.313 e. The number of carboxylic acid groups (broad SMARTS) is 1. The van der Waals surface area contributed by atoms with E-state index in [1.165, 1.54) is 0 Å². The Hall–Kier alpha value is -1.09. The van der Waals surface area contributed by atoms with Gasteiger partial charge in [0.1, 0.15) is 5.82 Å². The summed E-state index contributed by atoms with van der Waals surface area (Å²) in [6.45, 7) is 1.90. The van der Waals surface area contributed by atoms with Crippen molar-refractivity contribution in [3.05, 3.63) is 5.82 Å². The molecule has 0 amide bonds. The molecule has 0 radical (unpaired) electrons. The highest BCUT2D eigenvalue weighted by atomic mass is 32.2. The van der Waals surface area contributed by atoms with E-state index in [0.717, 1.165) is 30.4 Å². The van der Waals surface area contributed by atoms with Crippen molar-refractivity contribution >= 4 is 27.6 Å². The average molecular weight is 319 g/mol. The van der Waals surface area contributed by atoms with Gasteiger partial charge in [-0.2, -0.15) is 0 Å². The van der Waals surface area contributed by atoms with Crippen molar-refractivity contribution in [1.82, 2.24) is 14.8 Å². The number of carboxylic acids is 1. The molecular formula is C11H17N3O4S2. The molecule has 0 aliphatic heterocycles. The molecule has 1 aromatic rings. The second-order valence-corrected chi connectivity index (χ2v) is 8.10. The molecular weight excluding hydrogens is 302 g/mol. The quantitative estimate of drug-likeness (QED) is 0.706. The monoisotopic (exact) mass is 319 g/mol. The van der Waals surface area contributed by atoms with Crippen molar-refractivity contribution in [1.29, 1.82) is 0 Å². The van der Waals surface area contributed by atoms with Crippen molar-refractivity contribution in [3.8, 4) is 0 Å². The van der Waals surface area contributed by atoms with Gasteiger partial charge < -0.3 is 9.67 Å². The summed E-state index contributed by atoms with van der Waals surface area (Å²) in [7, 11) is -3.07. The van der Waals surface area contributed by atoms with Gasteiger partial charge in [0, 0.05) is 18.2 Å². The number of aromatic nitrogens is 3. The van der Waals surface area contributed by atoms with Crippen LogP contribution in [-0.2, 0) is 21.2 Å². The Morgan fingerprint density at radius 3 is 2.70 bits per heavy atom. The molecule has 112 valence electrons. The third-order valence-corrected chi connectivity index (χ3v) is 5.71. The smallest absolute Gasteiger partial charge is 0.313 e. The average Bonchev–Trinajstić information content (AvgIpc) is 3.15. The highest BCUT2D eigenvalue weighted by molar-refractivity contribution is 7.99. The summed E-state index contributed by atoms with van der Waals surface area (Å²) in [6, 6.07) is 0. The summed E-state index contributed by atoms with van der Waals surface area (Å²) in [4.78, 5) is 10.6. The lowest BCUT2D eigenvalue weighted by Gasteiger charge is -2.09. The van der Waals surface area contributed by atoms with Gasteiger partial charge in [0.25, 0.3) is 0 Å². The number of nitrogens with zero attached hydrogens (tertiary/aromatic N) is 3. The SMILES string of the molecule is CCS(=O)(=O)CCn1c(SCC(=O)O)nnc1C1CC1. The molecule has 0 bridgehead atoms. The molecule has 1 heterocycles. The molecule has 0 atom stereocenters. The predicted octanol–water partition coefficient (Wildman–Crippen LogP) is 0.767. The molecule has 7 nitrogen and oxygen atoms in total. The van der Waals surface area contributed by atoms with E-state index in [4.69, 9.17) is 5.11 Å². The number of hydrogen-bond donors (Lipinski definition) is 1. The van der Waals surface area contributed by atoms with Gasteiger partial charge in [-0.15, -0.1) is 10.2 Å². The van der Waals surface area contributed by atoms with Crippen molar-refractivity contribution < 1.29 is 18.3 Å². The van der Waals surface area contributed by atoms with E-state index in [2.05, 4.69) is 10.2 Å². The van der Waals surface area contributed by atoms with E-state index in [-0.39, 0.29) is 23.8 Å². The molecule has 0 aromatic carbocycles. The largest absolute Gasteiger partial charge is 0.481 e. The van der Waals surface area contributed by atoms with E-state index in [0.29, 0.717) is 11.1 Å². The first-order valence-electron chi connectivity index (χ1n) is 6.41. The summed E-state index contributed by atoms with van der Waals surface area (Å²) in [5.74, 6) is 0.213. The first-order chi connectivity index (χ1) is 9.43. The van der Waals surface area contributed by atoms with E-state index < -0.39 is 15.8 Å². The van der Waals surface area contributed by atoms with Crippen LogP contribution < -0.4 is 0 Å². The van der Waals surface area contributed by atoms with Gasteiger partial charge in [0.2, 0.25) is 0 Å². The van der Waals surface area contributed by atoms with Gasteiger partial charge in [-0.25, -0.2) is 8.42 Å². The summed E-state index contributed by atoms with van der Waals surface area (Å²) in [5, 5.41) is 17.3. The lowest BCUT2D eigenvalue weighted by molar-refractivity contribution is -0.133. The van der Waals surface area contributed by atoms with Gasteiger partial charge in [0.05, 0.1) is 11.5 Å². The number of sulfone groups is 1.